The normalized spacial score (nSPS) is 45.2. The van der Waals surface area contributed by atoms with Crippen molar-refractivity contribution in [1.82, 2.24) is 0 Å². The lowest BCUT2D eigenvalue weighted by Crippen LogP contribution is -2.42. The lowest BCUT2D eigenvalue weighted by atomic mass is 9.74. The van der Waals surface area contributed by atoms with Gasteiger partial charge in [0.05, 0.1) is 13.2 Å². The molecule has 0 radical (unpaired) electrons. The van der Waals surface area contributed by atoms with E-state index < -0.39 is 0 Å². The summed E-state index contributed by atoms with van der Waals surface area (Å²) in [6.07, 6.45) is 3.59. The van der Waals surface area contributed by atoms with E-state index in [0.717, 1.165) is 13.2 Å². The lowest BCUT2D eigenvalue weighted by molar-refractivity contribution is -0.235. The molecule has 2 aliphatic rings. The average molecular weight is 224 g/mol. The minimum atomic E-state index is 0.0190. The topological polar surface area (TPSA) is 18.5 Å². The second-order valence-corrected chi connectivity index (χ2v) is 5.77. The Morgan fingerprint density at radius 3 is 2.31 bits per heavy atom. The van der Waals surface area contributed by atoms with Gasteiger partial charge in [-0.15, -0.1) is 0 Å². The maximum Gasteiger partial charge on any atom is 0.161 e. The van der Waals surface area contributed by atoms with Crippen molar-refractivity contribution in [2.24, 2.45) is 23.7 Å². The van der Waals surface area contributed by atoms with Crippen LogP contribution >= 0.6 is 0 Å². The van der Waals surface area contributed by atoms with Crippen LogP contribution in [0, 0.1) is 23.7 Å². The molecule has 1 heterocycles. The Balaban J connectivity index is 2.03. The minimum Gasteiger partial charge on any atom is -0.352 e. The molecular weight excluding hydrogens is 200 g/mol. The van der Waals surface area contributed by atoms with E-state index in [4.69, 9.17) is 9.47 Å². The van der Waals surface area contributed by atoms with Crippen molar-refractivity contribution in [2.45, 2.75) is 40.4 Å². The van der Waals surface area contributed by atoms with E-state index in [9.17, 15) is 0 Å². The number of rotatable bonds is 1. The first-order valence-corrected chi connectivity index (χ1v) is 6.48. The summed E-state index contributed by atoms with van der Waals surface area (Å²) < 4.78 is 11.7. The maximum absolute atomic E-state index is 5.85. The first-order chi connectivity index (χ1) is 7.58. The second kappa shape index (κ2) is 4.89. The van der Waals surface area contributed by atoms with Crippen LogP contribution in [0.25, 0.3) is 0 Å². The van der Waals surface area contributed by atoms with Crippen molar-refractivity contribution in [2.75, 3.05) is 13.2 Å². The summed E-state index contributed by atoms with van der Waals surface area (Å²) in [7, 11) is 0. The molecule has 0 N–H and O–H groups in total. The van der Waals surface area contributed by atoms with E-state index in [2.05, 4.69) is 33.8 Å². The van der Waals surface area contributed by atoms with Crippen LogP contribution < -0.4 is 0 Å². The van der Waals surface area contributed by atoms with Crippen LogP contribution in [-0.4, -0.2) is 19.5 Å². The summed E-state index contributed by atoms with van der Waals surface area (Å²) >= 11 is 0. The third-order valence-corrected chi connectivity index (χ3v) is 3.86. The molecule has 0 saturated carbocycles. The van der Waals surface area contributed by atoms with Gasteiger partial charge in [-0.05, 0) is 25.2 Å². The van der Waals surface area contributed by atoms with Gasteiger partial charge < -0.3 is 9.47 Å². The van der Waals surface area contributed by atoms with Gasteiger partial charge in [-0.3, -0.25) is 0 Å². The second-order valence-electron chi connectivity index (χ2n) is 5.77. The molecule has 0 aromatic rings. The molecule has 1 saturated heterocycles. The van der Waals surface area contributed by atoms with Crippen LogP contribution in [-0.2, 0) is 9.47 Å². The zero-order valence-corrected chi connectivity index (χ0v) is 10.9. The summed E-state index contributed by atoms with van der Waals surface area (Å²) in [5, 5.41) is 0. The summed E-state index contributed by atoms with van der Waals surface area (Å²) in [6.45, 7) is 10.7. The van der Waals surface area contributed by atoms with Crippen molar-refractivity contribution in [3.05, 3.63) is 11.6 Å². The summed E-state index contributed by atoms with van der Waals surface area (Å²) in [5.74, 6) is 2.31. The standard InChI is InChI=1S/C14H24O2/c1-9-5-11(3)13(12(4)6-9)14-15-7-10(2)8-16-14/h5,10-14H,6-8H2,1-4H3/t10?,11-,12-,13+,14?/m1/s1. The fraction of sp³-hybridized carbons (Fsp3) is 0.857. The fourth-order valence-corrected chi connectivity index (χ4v) is 3.14. The van der Waals surface area contributed by atoms with Gasteiger partial charge >= 0.3 is 0 Å². The van der Waals surface area contributed by atoms with E-state index in [0.29, 0.717) is 23.7 Å². The molecule has 16 heavy (non-hydrogen) atoms. The smallest absolute Gasteiger partial charge is 0.161 e. The summed E-state index contributed by atoms with van der Waals surface area (Å²) in [4.78, 5) is 0. The van der Waals surface area contributed by atoms with Crippen molar-refractivity contribution in [3.63, 3.8) is 0 Å². The third-order valence-electron chi connectivity index (χ3n) is 3.86. The molecule has 1 fully saturated rings. The Labute approximate surface area is 99.0 Å². The van der Waals surface area contributed by atoms with Crippen molar-refractivity contribution in [1.29, 1.82) is 0 Å². The Bertz CT molecular complexity index is 264. The molecular formula is C14H24O2. The molecule has 2 heteroatoms. The molecule has 2 nitrogen and oxygen atoms in total. The van der Waals surface area contributed by atoms with Gasteiger partial charge in [-0.25, -0.2) is 0 Å². The lowest BCUT2D eigenvalue weighted by Gasteiger charge is -2.40. The SMILES string of the molecule is CC1=C[C@@H](C)[C@H](C2OCC(C)CO2)[C@H](C)C1. The number of hydrogen-bond donors (Lipinski definition) is 0. The highest BCUT2D eigenvalue weighted by atomic mass is 16.7. The average Bonchev–Trinajstić information content (AvgIpc) is 2.19. The Kier molecular flexibility index (Phi) is 3.70. The molecule has 0 aromatic carbocycles. The van der Waals surface area contributed by atoms with Crippen LogP contribution in [0.5, 0.6) is 0 Å². The molecule has 1 aliphatic carbocycles. The predicted octanol–water partition coefficient (Wildman–Crippen LogP) is 3.23. The Hall–Kier alpha value is -0.340. The van der Waals surface area contributed by atoms with Gasteiger partial charge in [0.15, 0.2) is 6.29 Å². The van der Waals surface area contributed by atoms with Crippen LogP contribution in [0.2, 0.25) is 0 Å². The van der Waals surface area contributed by atoms with E-state index >= 15 is 0 Å². The highest BCUT2D eigenvalue weighted by molar-refractivity contribution is 5.08. The molecule has 2 rings (SSSR count). The molecule has 0 amide bonds. The largest absolute Gasteiger partial charge is 0.352 e. The van der Waals surface area contributed by atoms with E-state index in [1.165, 1.54) is 12.0 Å². The van der Waals surface area contributed by atoms with Crippen molar-refractivity contribution in [3.8, 4) is 0 Å². The number of allylic oxidation sites excluding steroid dienone is 2. The summed E-state index contributed by atoms with van der Waals surface area (Å²) in [6, 6.07) is 0. The van der Waals surface area contributed by atoms with Gasteiger partial charge in [0.25, 0.3) is 0 Å². The van der Waals surface area contributed by atoms with E-state index in [-0.39, 0.29) is 6.29 Å². The number of hydrogen-bond acceptors (Lipinski definition) is 2. The molecule has 3 atom stereocenters. The zero-order valence-electron chi connectivity index (χ0n) is 10.9. The van der Waals surface area contributed by atoms with Crippen LogP contribution in [0.1, 0.15) is 34.1 Å². The minimum absolute atomic E-state index is 0.0190. The highest BCUT2D eigenvalue weighted by Crippen LogP contribution is 2.38. The quantitative estimate of drug-likeness (QED) is 0.637. The van der Waals surface area contributed by atoms with Crippen LogP contribution in [0.15, 0.2) is 11.6 Å². The van der Waals surface area contributed by atoms with Gasteiger partial charge in [0.1, 0.15) is 0 Å². The first kappa shape index (κ1) is 12.1. The monoisotopic (exact) mass is 224 g/mol. The van der Waals surface area contributed by atoms with Gasteiger partial charge in [0.2, 0.25) is 0 Å². The predicted molar refractivity (Wildman–Crippen MR) is 65.0 cm³/mol. The maximum atomic E-state index is 5.85. The Morgan fingerprint density at radius 2 is 1.75 bits per heavy atom. The molecule has 0 aromatic heterocycles. The third kappa shape index (κ3) is 2.49. The van der Waals surface area contributed by atoms with Crippen LogP contribution in [0.3, 0.4) is 0 Å². The fourth-order valence-electron chi connectivity index (χ4n) is 3.14. The summed E-state index contributed by atoms with van der Waals surface area (Å²) in [5.41, 5.74) is 1.51. The van der Waals surface area contributed by atoms with Crippen molar-refractivity contribution < 1.29 is 9.47 Å². The highest BCUT2D eigenvalue weighted by Gasteiger charge is 2.36. The van der Waals surface area contributed by atoms with Crippen molar-refractivity contribution >= 4 is 0 Å². The van der Waals surface area contributed by atoms with Gasteiger partial charge in [0, 0.05) is 11.8 Å². The van der Waals surface area contributed by atoms with E-state index in [1.807, 2.05) is 0 Å². The zero-order chi connectivity index (χ0) is 11.7. The van der Waals surface area contributed by atoms with Crippen LogP contribution in [0.4, 0.5) is 0 Å². The molecule has 0 spiro atoms. The van der Waals surface area contributed by atoms with Gasteiger partial charge in [-0.2, -0.15) is 0 Å². The molecule has 0 bridgehead atoms. The van der Waals surface area contributed by atoms with E-state index in [1.54, 1.807) is 0 Å². The first-order valence-electron chi connectivity index (χ1n) is 6.48. The Morgan fingerprint density at radius 1 is 1.12 bits per heavy atom. The number of ether oxygens (including phenoxy) is 2. The molecule has 0 unspecified atom stereocenters. The molecule has 92 valence electrons. The van der Waals surface area contributed by atoms with Gasteiger partial charge in [-0.1, -0.05) is 32.4 Å². The molecule has 1 aliphatic heterocycles.